The molecule has 2 unspecified atom stereocenters. The number of fused-ring (bicyclic) bond motifs is 1. The van der Waals surface area contributed by atoms with Crippen LogP contribution < -0.4 is 10.5 Å². The number of piperidine rings is 1. The van der Waals surface area contributed by atoms with Crippen LogP contribution in [0.25, 0.3) is 0 Å². The Morgan fingerprint density at radius 2 is 1.84 bits per heavy atom. The lowest BCUT2D eigenvalue weighted by molar-refractivity contribution is 0.0530. The van der Waals surface area contributed by atoms with Gasteiger partial charge in [0.25, 0.3) is 0 Å². The van der Waals surface area contributed by atoms with Gasteiger partial charge in [-0.1, -0.05) is 29.6 Å². The minimum atomic E-state index is -3.77. The molecular formula is C26H35Cl2N3O5S. The molecule has 4 N–H and O–H groups in total. The van der Waals surface area contributed by atoms with Crippen molar-refractivity contribution in [1.29, 1.82) is 0 Å². The summed E-state index contributed by atoms with van der Waals surface area (Å²) in [5.41, 5.74) is 8.27. The number of phenols is 1. The van der Waals surface area contributed by atoms with E-state index in [0.29, 0.717) is 42.0 Å². The third-order valence-corrected chi connectivity index (χ3v) is 9.02. The first-order valence-corrected chi connectivity index (χ1v) is 14.9. The quantitative estimate of drug-likeness (QED) is 0.333. The number of likely N-dealkylation sites (tertiary alicyclic amines) is 1. The first-order valence-electron chi connectivity index (χ1n) is 12.7. The van der Waals surface area contributed by atoms with Gasteiger partial charge in [0, 0.05) is 40.8 Å². The van der Waals surface area contributed by atoms with E-state index in [0.717, 1.165) is 49.8 Å². The zero-order valence-corrected chi connectivity index (χ0v) is 23.1. The van der Waals surface area contributed by atoms with Gasteiger partial charge in [-0.25, -0.2) is 13.1 Å². The normalized spacial score (nSPS) is 20.3. The number of sulfonamides is 1. The molecule has 2 aromatic rings. The number of rotatable bonds is 12. The third kappa shape index (κ3) is 7.16. The molecule has 1 aliphatic carbocycles. The predicted molar refractivity (Wildman–Crippen MR) is 145 cm³/mol. The highest BCUT2D eigenvalue weighted by Crippen LogP contribution is 2.42. The molecule has 8 nitrogen and oxygen atoms in total. The molecule has 4 rings (SSSR count). The lowest BCUT2D eigenvalue weighted by atomic mass is 9.92. The lowest BCUT2D eigenvalue weighted by Crippen LogP contribution is -2.42. The molecule has 0 spiro atoms. The zero-order chi connectivity index (χ0) is 26.4. The molecule has 37 heavy (non-hydrogen) atoms. The van der Waals surface area contributed by atoms with Crippen LogP contribution in [-0.2, 0) is 32.3 Å². The molecule has 2 aromatic carbocycles. The van der Waals surface area contributed by atoms with E-state index in [4.69, 9.17) is 38.4 Å². The molecule has 2 atom stereocenters. The molecule has 0 bridgehead atoms. The van der Waals surface area contributed by atoms with Gasteiger partial charge >= 0.3 is 0 Å². The van der Waals surface area contributed by atoms with E-state index < -0.39 is 10.0 Å². The minimum absolute atomic E-state index is 0.0886. The maximum atomic E-state index is 13.0. The van der Waals surface area contributed by atoms with Crippen molar-refractivity contribution in [3.8, 4) is 5.75 Å². The number of ether oxygens (including phenoxy) is 2. The Bertz CT molecular complexity index is 1180. The molecule has 1 heterocycles. The summed E-state index contributed by atoms with van der Waals surface area (Å²) in [6, 6.07) is 8.40. The smallest absolute Gasteiger partial charge is 0.240 e. The van der Waals surface area contributed by atoms with Gasteiger partial charge in [0.15, 0.2) is 0 Å². The summed E-state index contributed by atoms with van der Waals surface area (Å²) in [6.07, 6.45) is 4.53. The van der Waals surface area contributed by atoms with Crippen LogP contribution in [0.4, 0.5) is 0 Å². The molecule has 0 radical (unpaired) electrons. The van der Waals surface area contributed by atoms with Crippen molar-refractivity contribution in [2.75, 3.05) is 46.1 Å². The number of benzene rings is 2. The number of hydrogen-bond acceptors (Lipinski definition) is 7. The second-order valence-corrected chi connectivity index (χ2v) is 12.1. The van der Waals surface area contributed by atoms with Gasteiger partial charge in [0.2, 0.25) is 10.0 Å². The average Bonchev–Trinajstić information content (AvgIpc) is 3.30. The van der Waals surface area contributed by atoms with Gasteiger partial charge in [-0.2, -0.15) is 0 Å². The molecule has 1 aliphatic heterocycles. The van der Waals surface area contributed by atoms with Crippen LogP contribution in [0.2, 0.25) is 10.0 Å². The van der Waals surface area contributed by atoms with Crippen LogP contribution in [-0.4, -0.2) is 70.5 Å². The SMILES string of the molecule is NCCOCCOCCNS(=O)(=O)c1ccc(O)c(C2CCCCN2C2Cc3cc(Cl)cc(Cl)c3C2)c1. The van der Waals surface area contributed by atoms with Gasteiger partial charge in [0.1, 0.15) is 5.75 Å². The average molecular weight is 573 g/mol. The first kappa shape index (κ1) is 28.6. The van der Waals surface area contributed by atoms with Gasteiger partial charge in [-0.05, 0) is 73.7 Å². The summed E-state index contributed by atoms with van der Waals surface area (Å²) in [4.78, 5) is 2.52. The van der Waals surface area contributed by atoms with E-state index in [9.17, 15) is 13.5 Å². The van der Waals surface area contributed by atoms with Gasteiger partial charge in [-0.15, -0.1) is 0 Å². The van der Waals surface area contributed by atoms with E-state index in [-0.39, 0.29) is 35.9 Å². The fourth-order valence-electron chi connectivity index (χ4n) is 5.29. The standard InChI is InChI=1S/C26H35Cl2N3O5S/c27-19-13-18-14-20(16-22(18)24(28)15-19)31-8-2-1-3-25(31)23-17-21(4-5-26(23)32)37(33,34)30-7-10-36-12-11-35-9-6-29/h4-5,13,15,17,20,25,30,32H,1-3,6-12,14,16,29H2. The Morgan fingerprint density at radius 3 is 2.62 bits per heavy atom. The molecule has 2 aliphatic rings. The minimum Gasteiger partial charge on any atom is -0.508 e. The fourth-order valence-corrected chi connectivity index (χ4v) is 6.95. The van der Waals surface area contributed by atoms with E-state index >= 15 is 0 Å². The largest absolute Gasteiger partial charge is 0.508 e. The Kier molecular flexibility index (Phi) is 10.1. The van der Waals surface area contributed by atoms with E-state index in [1.165, 1.54) is 12.1 Å². The first-order chi connectivity index (χ1) is 17.8. The van der Waals surface area contributed by atoms with Crippen molar-refractivity contribution < 1.29 is 23.0 Å². The molecule has 0 amide bonds. The van der Waals surface area contributed by atoms with Crippen molar-refractivity contribution in [3.63, 3.8) is 0 Å². The van der Waals surface area contributed by atoms with Crippen LogP contribution in [0, 0.1) is 0 Å². The molecule has 0 saturated carbocycles. The molecular weight excluding hydrogens is 537 g/mol. The number of nitrogens with two attached hydrogens (primary N) is 1. The van der Waals surface area contributed by atoms with E-state index in [1.807, 2.05) is 6.07 Å². The zero-order valence-electron chi connectivity index (χ0n) is 20.8. The number of aromatic hydroxyl groups is 1. The summed E-state index contributed by atoms with van der Waals surface area (Å²) in [6.45, 7) is 2.92. The van der Waals surface area contributed by atoms with Crippen LogP contribution in [0.3, 0.4) is 0 Å². The molecule has 11 heteroatoms. The van der Waals surface area contributed by atoms with Crippen molar-refractivity contribution in [3.05, 3.63) is 57.1 Å². The van der Waals surface area contributed by atoms with Crippen molar-refractivity contribution in [2.24, 2.45) is 5.73 Å². The highest BCUT2D eigenvalue weighted by Gasteiger charge is 2.36. The molecule has 0 aromatic heterocycles. The van der Waals surface area contributed by atoms with E-state index in [1.54, 1.807) is 12.1 Å². The number of nitrogens with one attached hydrogen (secondary N) is 1. The monoisotopic (exact) mass is 571 g/mol. The fraction of sp³-hybridized carbons (Fsp3) is 0.538. The van der Waals surface area contributed by atoms with Crippen molar-refractivity contribution >= 4 is 33.2 Å². The summed E-state index contributed by atoms with van der Waals surface area (Å²) in [7, 11) is -3.77. The summed E-state index contributed by atoms with van der Waals surface area (Å²) in [5.74, 6) is 0.105. The number of hydrogen-bond donors (Lipinski definition) is 3. The highest BCUT2D eigenvalue weighted by molar-refractivity contribution is 7.89. The number of nitrogens with zero attached hydrogens (tertiary/aromatic N) is 1. The highest BCUT2D eigenvalue weighted by atomic mass is 35.5. The van der Waals surface area contributed by atoms with Crippen LogP contribution in [0.15, 0.2) is 35.2 Å². The molecule has 1 fully saturated rings. The Labute approximate surface area is 229 Å². The van der Waals surface area contributed by atoms with Gasteiger partial charge in [-0.3, -0.25) is 4.90 Å². The Hall–Kier alpha value is -1.43. The maximum Gasteiger partial charge on any atom is 0.240 e. The summed E-state index contributed by atoms with van der Waals surface area (Å²) >= 11 is 12.7. The van der Waals surface area contributed by atoms with Gasteiger partial charge < -0.3 is 20.3 Å². The Balaban J connectivity index is 1.44. The second-order valence-electron chi connectivity index (χ2n) is 9.47. The van der Waals surface area contributed by atoms with Gasteiger partial charge in [0.05, 0.1) is 31.3 Å². The van der Waals surface area contributed by atoms with Crippen molar-refractivity contribution in [1.82, 2.24) is 9.62 Å². The lowest BCUT2D eigenvalue weighted by Gasteiger charge is -2.40. The third-order valence-electron chi connectivity index (χ3n) is 7.00. The molecule has 204 valence electrons. The van der Waals surface area contributed by atoms with Crippen LogP contribution >= 0.6 is 23.2 Å². The van der Waals surface area contributed by atoms with Crippen LogP contribution in [0.5, 0.6) is 5.75 Å². The maximum absolute atomic E-state index is 13.0. The summed E-state index contributed by atoms with van der Waals surface area (Å²) < 4.78 is 39.2. The van der Waals surface area contributed by atoms with E-state index in [2.05, 4.69) is 9.62 Å². The van der Waals surface area contributed by atoms with Crippen LogP contribution in [0.1, 0.15) is 42.0 Å². The molecule has 1 saturated heterocycles. The predicted octanol–water partition coefficient (Wildman–Crippen LogP) is 3.66. The topological polar surface area (TPSA) is 114 Å². The second kappa shape index (κ2) is 13.1. The number of phenolic OH excluding ortho intramolecular Hbond substituents is 1. The van der Waals surface area contributed by atoms with Crippen molar-refractivity contribution in [2.45, 2.75) is 49.1 Å². The number of halogens is 2. The summed E-state index contributed by atoms with van der Waals surface area (Å²) in [5, 5.41) is 12.1. The Morgan fingerprint density at radius 1 is 1.05 bits per heavy atom.